The fourth-order valence-electron chi connectivity index (χ4n) is 2.25. The van der Waals surface area contributed by atoms with Gasteiger partial charge in [0.1, 0.15) is 0 Å². The molecule has 0 aliphatic rings. The van der Waals surface area contributed by atoms with Crippen molar-refractivity contribution in [1.29, 1.82) is 0 Å². The average molecular weight is 234 g/mol. The summed E-state index contributed by atoms with van der Waals surface area (Å²) in [5.41, 5.74) is 15.7. The van der Waals surface area contributed by atoms with Crippen molar-refractivity contribution >= 4 is 22.1 Å². The number of benzene rings is 3. The Morgan fingerprint density at radius 1 is 0.722 bits per heavy atom. The molecule has 0 atom stereocenters. The van der Waals surface area contributed by atoms with Crippen LogP contribution in [-0.2, 0) is 0 Å². The van der Waals surface area contributed by atoms with Crippen LogP contribution in [0.25, 0.3) is 21.9 Å². The van der Waals surface area contributed by atoms with Gasteiger partial charge in [-0.15, -0.1) is 0 Å². The molecule has 4 N–H and O–H groups in total. The standard InChI is InChI=1S/C16H14N2/c17-13-6-3-5-12(10-13)15-9-8-11-4-1-2-7-14(11)16(15)18/h1-10H,17-18H2. The van der Waals surface area contributed by atoms with Crippen molar-refractivity contribution in [2.75, 3.05) is 11.5 Å². The van der Waals surface area contributed by atoms with Crippen molar-refractivity contribution in [3.8, 4) is 11.1 Å². The van der Waals surface area contributed by atoms with Crippen LogP contribution >= 0.6 is 0 Å². The van der Waals surface area contributed by atoms with Crippen LogP contribution in [0.3, 0.4) is 0 Å². The van der Waals surface area contributed by atoms with Crippen LogP contribution in [0.2, 0.25) is 0 Å². The Hall–Kier alpha value is -2.48. The molecule has 0 unspecified atom stereocenters. The lowest BCUT2D eigenvalue weighted by molar-refractivity contribution is 1.63. The highest BCUT2D eigenvalue weighted by Gasteiger charge is 2.06. The number of hydrogen-bond acceptors (Lipinski definition) is 2. The Labute approximate surface area is 106 Å². The van der Waals surface area contributed by atoms with E-state index in [0.29, 0.717) is 0 Å². The summed E-state index contributed by atoms with van der Waals surface area (Å²) >= 11 is 0. The van der Waals surface area contributed by atoms with E-state index in [2.05, 4.69) is 12.1 Å². The van der Waals surface area contributed by atoms with Gasteiger partial charge in [-0.05, 0) is 23.1 Å². The summed E-state index contributed by atoms with van der Waals surface area (Å²) in [7, 11) is 0. The summed E-state index contributed by atoms with van der Waals surface area (Å²) in [6.45, 7) is 0. The van der Waals surface area contributed by atoms with Crippen LogP contribution in [0, 0.1) is 0 Å². The van der Waals surface area contributed by atoms with E-state index in [0.717, 1.165) is 33.3 Å². The molecule has 0 aromatic heterocycles. The third kappa shape index (κ3) is 1.68. The van der Waals surface area contributed by atoms with E-state index in [9.17, 15) is 0 Å². The SMILES string of the molecule is Nc1cccc(-c2ccc3ccccc3c2N)c1. The van der Waals surface area contributed by atoms with Gasteiger partial charge < -0.3 is 11.5 Å². The zero-order chi connectivity index (χ0) is 12.5. The van der Waals surface area contributed by atoms with Crippen molar-refractivity contribution in [1.82, 2.24) is 0 Å². The molecule has 2 nitrogen and oxygen atoms in total. The normalized spacial score (nSPS) is 10.7. The maximum absolute atomic E-state index is 6.26. The quantitative estimate of drug-likeness (QED) is 0.631. The zero-order valence-corrected chi connectivity index (χ0v) is 9.93. The number of nitrogen functional groups attached to an aromatic ring is 2. The van der Waals surface area contributed by atoms with Crippen molar-refractivity contribution in [3.63, 3.8) is 0 Å². The second kappa shape index (κ2) is 4.08. The first kappa shape index (κ1) is 10.7. The molecule has 0 radical (unpaired) electrons. The van der Waals surface area contributed by atoms with Gasteiger partial charge in [0, 0.05) is 22.3 Å². The average Bonchev–Trinajstić information content (AvgIpc) is 2.39. The van der Waals surface area contributed by atoms with E-state index in [1.54, 1.807) is 0 Å². The summed E-state index contributed by atoms with van der Waals surface area (Å²) < 4.78 is 0. The predicted molar refractivity (Wildman–Crippen MR) is 78.2 cm³/mol. The van der Waals surface area contributed by atoms with Crippen LogP contribution in [0.5, 0.6) is 0 Å². The summed E-state index contributed by atoms with van der Waals surface area (Å²) in [4.78, 5) is 0. The molecule has 18 heavy (non-hydrogen) atoms. The molecule has 0 aliphatic carbocycles. The molecular weight excluding hydrogens is 220 g/mol. The molecule has 2 heteroatoms. The lowest BCUT2D eigenvalue weighted by Gasteiger charge is -2.10. The highest BCUT2D eigenvalue weighted by atomic mass is 14.6. The maximum atomic E-state index is 6.26. The van der Waals surface area contributed by atoms with E-state index in [1.165, 1.54) is 0 Å². The van der Waals surface area contributed by atoms with Crippen molar-refractivity contribution in [3.05, 3.63) is 60.7 Å². The first-order valence-corrected chi connectivity index (χ1v) is 5.89. The molecule has 0 heterocycles. The van der Waals surface area contributed by atoms with Crippen LogP contribution in [0.15, 0.2) is 60.7 Å². The molecule has 0 amide bonds. The van der Waals surface area contributed by atoms with Gasteiger partial charge in [-0.3, -0.25) is 0 Å². The van der Waals surface area contributed by atoms with Crippen molar-refractivity contribution in [2.24, 2.45) is 0 Å². The zero-order valence-electron chi connectivity index (χ0n) is 9.93. The minimum atomic E-state index is 0.750. The van der Waals surface area contributed by atoms with Gasteiger partial charge in [-0.25, -0.2) is 0 Å². The summed E-state index contributed by atoms with van der Waals surface area (Å²) in [6, 6.07) is 20.0. The summed E-state index contributed by atoms with van der Waals surface area (Å²) in [6.07, 6.45) is 0. The number of hydrogen-bond donors (Lipinski definition) is 2. The molecule has 3 aromatic carbocycles. The smallest absolute Gasteiger partial charge is 0.0473 e. The molecule has 0 spiro atoms. The Balaban J connectivity index is 2.27. The highest BCUT2D eigenvalue weighted by Crippen LogP contribution is 2.32. The highest BCUT2D eigenvalue weighted by molar-refractivity contribution is 6.00. The number of fused-ring (bicyclic) bond motifs is 1. The Morgan fingerprint density at radius 2 is 1.56 bits per heavy atom. The van der Waals surface area contributed by atoms with E-state index in [4.69, 9.17) is 11.5 Å². The minimum absolute atomic E-state index is 0.750. The molecule has 88 valence electrons. The topological polar surface area (TPSA) is 52.0 Å². The summed E-state index contributed by atoms with van der Waals surface area (Å²) in [5.74, 6) is 0. The minimum Gasteiger partial charge on any atom is -0.399 e. The lowest BCUT2D eigenvalue weighted by Crippen LogP contribution is -1.92. The van der Waals surface area contributed by atoms with Gasteiger partial charge in [0.25, 0.3) is 0 Å². The molecule has 0 bridgehead atoms. The molecule has 0 saturated heterocycles. The van der Waals surface area contributed by atoms with Gasteiger partial charge in [0.2, 0.25) is 0 Å². The van der Waals surface area contributed by atoms with Gasteiger partial charge in [0.05, 0.1) is 0 Å². The van der Waals surface area contributed by atoms with Gasteiger partial charge in [-0.1, -0.05) is 48.5 Å². The van der Waals surface area contributed by atoms with Gasteiger partial charge in [0.15, 0.2) is 0 Å². The van der Waals surface area contributed by atoms with E-state index in [-0.39, 0.29) is 0 Å². The van der Waals surface area contributed by atoms with Crippen LogP contribution < -0.4 is 11.5 Å². The molecule has 3 aromatic rings. The van der Waals surface area contributed by atoms with Crippen LogP contribution in [0.1, 0.15) is 0 Å². The largest absolute Gasteiger partial charge is 0.399 e. The summed E-state index contributed by atoms with van der Waals surface area (Å²) in [5, 5.41) is 2.24. The molecular formula is C16H14N2. The molecule has 3 rings (SSSR count). The third-order valence-electron chi connectivity index (χ3n) is 3.17. The second-order valence-electron chi connectivity index (χ2n) is 4.37. The molecule has 0 aliphatic heterocycles. The molecule has 0 saturated carbocycles. The van der Waals surface area contributed by atoms with Gasteiger partial charge in [-0.2, -0.15) is 0 Å². The van der Waals surface area contributed by atoms with E-state index >= 15 is 0 Å². The Kier molecular flexibility index (Phi) is 2.41. The number of anilines is 2. The first-order valence-electron chi connectivity index (χ1n) is 5.89. The fraction of sp³-hybridized carbons (Fsp3) is 0. The first-order chi connectivity index (χ1) is 8.75. The van der Waals surface area contributed by atoms with Gasteiger partial charge >= 0.3 is 0 Å². The van der Waals surface area contributed by atoms with Crippen molar-refractivity contribution in [2.45, 2.75) is 0 Å². The third-order valence-corrected chi connectivity index (χ3v) is 3.17. The molecule has 0 fully saturated rings. The predicted octanol–water partition coefficient (Wildman–Crippen LogP) is 3.67. The number of nitrogens with two attached hydrogens (primary N) is 2. The number of rotatable bonds is 1. The van der Waals surface area contributed by atoms with Crippen LogP contribution in [-0.4, -0.2) is 0 Å². The van der Waals surface area contributed by atoms with E-state index < -0.39 is 0 Å². The Bertz CT molecular complexity index is 717. The van der Waals surface area contributed by atoms with E-state index in [1.807, 2.05) is 48.5 Å². The second-order valence-corrected chi connectivity index (χ2v) is 4.37. The monoisotopic (exact) mass is 234 g/mol. The fourth-order valence-corrected chi connectivity index (χ4v) is 2.25. The Morgan fingerprint density at radius 3 is 2.39 bits per heavy atom. The van der Waals surface area contributed by atoms with Crippen LogP contribution in [0.4, 0.5) is 11.4 Å². The van der Waals surface area contributed by atoms with Crippen molar-refractivity contribution < 1.29 is 0 Å². The maximum Gasteiger partial charge on any atom is 0.0473 e. The lowest BCUT2D eigenvalue weighted by atomic mass is 9.98.